The summed E-state index contributed by atoms with van der Waals surface area (Å²) in [5.74, 6) is 0.896. The van der Waals surface area contributed by atoms with Crippen molar-refractivity contribution in [2.75, 3.05) is 5.32 Å². The first kappa shape index (κ1) is 23.5. The van der Waals surface area contributed by atoms with E-state index in [2.05, 4.69) is 47.9 Å². The molecule has 5 heterocycles. The van der Waals surface area contributed by atoms with Gasteiger partial charge in [-0.15, -0.1) is 0 Å². The topological polar surface area (TPSA) is 121 Å². The van der Waals surface area contributed by atoms with Crippen molar-refractivity contribution >= 4 is 33.9 Å². The second-order valence-corrected chi connectivity index (χ2v) is 10.3. The maximum absolute atomic E-state index is 12.8. The highest BCUT2D eigenvalue weighted by atomic mass is 16.1. The Labute approximate surface area is 225 Å². The lowest BCUT2D eigenvalue weighted by Gasteiger charge is -2.21. The van der Waals surface area contributed by atoms with Crippen LogP contribution in [0.15, 0.2) is 78.2 Å². The van der Waals surface area contributed by atoms with Crippen molar-refractivity contribution in [3.05, 3.63) is 84.5 Å². The minimum atomic E-state index is 0.0805. The predicted molar refractivity (Wildman–Crippen MR) is 151 cm³/mol. The van der Waals surface area contributed by atoms with Crippen LogP contribution in [0, 0.1) is 5.92 Å². The number of hydrogen-bond acceptors (Lipinski definition) is 7. The largest absolute Gasteiger partial charge is 0.335 e. The quantitative estimate of drug-likeness (QED) is 0.342. The number of nitrogens with one attached hydrogen (secondary N) is 3. The summed E-state index contributed by atoms with van der Waals surface area (Å²) in [4.78, 5) is 34.1. The number of hydrogen-bond donors (Lipinski definition) is 3. The monoisotopic (exact) mass is 516 g/mol. The molecule has 4 aromatic rings. The molecule has 1 amide bonds. The van der Waals surface area contributed by atoms with Gasteiger partial charge >= 0.3 is 0 Å². The molecule has 0 radical (unpaired) electrons. The van der Waals surface area contributed by atoms with E-state index in [0.29, 0.717) is 5.82 Å². The molecule has 1 aliphatic heterocycles. The van der Waals surface area contributed by atoms with Gasteiger partial charge in [-0.1, -0.05) is 25.3 Å². The maximum atomic E-state index is 12.8. The minimum Gasteiger partial charge on any atom is -0.335 e. The van der Waals surface area contributed by atoms with Gasteiger partial charge in [-0.3, -0.25) is 19.7 Å². The number of pyridine rings is 3. The average Bonchev–Trinajstić information content (AvgIpc) is 3.62. The van der Waals surface area contributed by atoms with Gasteiger partial charge < -0.3 is 15.7 Å². The molecule has 0 spiro atoms. The Morgan fingerprint density at radius 1 is 0.949 bits per heavy atom. The number of carbonyl (C=O) groups is 1. The zero-order valence-electron chi connectivity index (χ0n) is 21.4. The minimum absolute atomic E-state index is 0.0805. The summed E-state index contributed by atoms with van der Waals surface area (Å²) in [6, 6.07) is 5.99. The molecule has 9 nitrogen and oxygen atoms in total. The highest BCUT2D eigenvalue weighted by Crippen LogP contribution is 2.33. The summed E-state index contributed by atoms with van der Waals surface area (Å²) < 4.78 is 0. The van der Waals surface area contributed by atoms with Gasteiger partial charge in [-0.2, -0.15) is 5.10 Å². The normalized spacial score (nSPS) is 19.1. The van der Waals surface area contributed by atoms with Crippen LogP contribution in [-0.4, -0.2) is 42.6 Å². The summed E-state index contributed by atoms with van der Waals surface area (Å²) in [6.45, 7) is 0. The molecule has 2 aliphatic carbocycles. The number of amides is 1. The first-order chi connectivity index (χ1) is 19.2. The van der Waals surface area contributed by atoms with Gasteiger partial charge in [0, 0.05) is 47.4 Å². The Morgan fingerprint density at radius 3 is 2.67 bits per heavy atom. The molecule has 39 heavy (non-hydrogen) atoms. The molecule has 3 aliphatic rings. The zero-order valence-corrected chi connectivity index (χ0v) is 21.4. The molecule has 0 aromatic carbocycles. The lowest BCUT2D eigenvalue weighted by molar-refractivity contribution is -0.120. The molecule has 0 bridgehead atoms. The van der Waals surface area contributed by atoms with Crippen LogP contribution < -0.4 is 10.7 Å². The maximum Gasteiger partial charge on any atom is 0.227 e. The molecular formula is C30H28N8O. The molecule has 1 unspecified atom stereocenters. The van der Waals surface area contributed by atoms with Gasteiger partial charge in [-0.05, 0) is 54.7 Å². The van der Waals surface area contributed by atoms with Crippen LogP contribution in [0.5, 0.6) is 0 Å². The molecule has 7 rings (SSSR count). The number of hydrazone groups is 1. The molecule has 1 atom stereocenters. The van der Waals surface area contributed by atoms with Crippen molar-refractivity contribution in [1.82, 2.24) is 30.3 Å². The first-order valence-corrected chi connectivity index (χ1v) is 13.5. The highest BCUT2D eigenvalue weighted by Gasteiger charge is 2.30. The number of imidazole rings is 1. The SMILES string of the molecule is O=C(Nc1cncc(C2=CCC3NN=C(c4nc5c(-c6ccncc6)cncc5[nH]4)C3=C2)c1)C1CCCCC1. The second-order valence-electron chi connectivity index (χ2n) is 10.3. The fourth-order valence-corrected chi connectivity index (χ4v) is 5.72. The van der Waals surface area contributed by atoms with Crippen LogP contribution in [0.3, 0.4) is 0 Å². The van der Waals surface area contributed by atoms with Crippen molar-refractivity contribution in [3.63, 3.8) is 0 Å². The number of rotatable bonds is 5. The number of aromatic nitrogens is 5. The van der Waals surface area contributed by atoms with Crippen LogP contribution in [0.2, 0.25) is 0 Å². The first-order valence-electron chi connectivity index (χ1n) is 13.5. The Balaban J connectivity index is 1.16. The number of H-pyrrole nitrogens is 1. The average molecular weight is 517 g/mol. The van der Waals surface area contributed by atoms with Gasteiger partial charge in [0.25, 0.3) is 0 Å². The fraction of sp³-hybridized carbons (Fsp3) is 0.267. The molecule has 3 N–H and O–H groups in total. The van der Waals surface area contributed by atoms with E-state index in [1.807, 2.05) is 30.6 Å². The lowest BCUT2D eigenvalue weighted by atomic mass is 9.88. The Hall–Kier alpha value is -4.66. The van der Waals surface area contributed by atoms with Crippen LogP contribution in [0.25, 0.3) is 27.7 Å². The van der Waals surface area contributed by atoms with Crippen LogP contribution in [0.4, 0.5) is 5.69 Å². The van der Waals surface area contributed by atoms with Gasteiger partial charge in [0.05, 0.1) is 35.2 Å². The van der Waals surface area contributed by atoms with Crippen LogP contribution >= 0.6 is 0 Å². The molecule has 9 heteroatoms. The summed E-state index contributed by atoms with van der Waals surface area (Å²) in [5.41, 5.74) is 11.5. The van der Waals surface area contributed by atoms with Crippen molar-refractivity contribution in [3.8, 4) is 11.1 Å². The van der Waals surface area contributed by atoms with Crippen molar-refractivity contribution in [1.29, 1.82) is 0 Å². The van der Waals surface area contributed by atoms with Crippen LogP contribution in [0.1, 0.15) is 49.9 Å². The van der Waals surface area contributed by atoms with E-state index < -0.39 is 0 Å². The van der Waals surface area contributed by atoms with E-state index in [4.69, 9.17) is 4.98 Å². The number of carbonyl (C=O) groups excluding carboxylic acids is 1. The number of fused-ring (bicyclic) bond motifs is 2. The van der Waals surface area contributed by atoms with E-state index in [1.165, 1.54) is 6.42 Å². The summed E-state index contributed by atoms with van der Waals surface area (Å²) in [6.07, 6.45) is 21.2. The molecule has 1 saturated carbocycles. The molecular weight excluding hydrogens is 488 g/mol. The van der Waals surface area contributed by atoms with Gasteiger partial charge in [-0.25, -0.2) is 4.98 Å². The fourth-order valence-electron chi connectivity index (χ4n) is 5.72. The Morgan fingerprint density at radius 2 is 1.79 bits per heavy atom. The van der Waals surface area contributed by atoms with Gasteiger partial charge in [0.2, 0.25) is 5.91 Å². The number of aromatic amines is 1. The standard InChI is InChI=1S/C30H28N8O/c39-30(19-4-2-1-3-5-19)34-22-12-21(14-32-15-22)20-6-7-25-23(13-20)28(38-37-25)29-35-26-17-33-16-24(27(26)36-29)18-8-10-31-11-9-18/h6,8-17,19,25,37H,1-5,7H2,(H,34,39)(H,35,36). The Bertz CT molecular complexity index is 1650. The summed E-state index contributed by atoms with van der Waals surface area (Å²) >= 11 is 0. The van der Waals surface area contributed by atoms with E-state index in [1.54, 1.807) is 24.8 Å². The third-order valence-electron chi connectivity index (χ3n) is 7.79. The number of allylic oxidation sites excluding steroid dienone is 2. The van der Waals surface area contributed by atoms with Crippen molar-refractivity contribution in [2.45, 2.75) is 44.6 Å². The third-order valence-corrected chi connectivity index (χ3v) is 7.79. The van der Waals surface area contributed by atoms with Gasteiger partial charge in [0.1, 0.15) is 5.71 Å². The van der Waals surface area contributed by atoms with Crippen molar-refractivity contribution in [2.24, 2.45) is 11.0 Å². The second kappa shape index (κ2) is 9.90. The van der Waals surface area contributed by atoms with E-state index in [-0.39, 0.29) is 17.9 Å². The zero-order chi connectivity index (χ0) is 26.2. The smallest absolute Gasteiger partial charge is 0.227 e. The molecule has 0 saturated heterocycles. The third kappa shape index (κ3) is 4.50. The number of nitrogens with zero attached hydrogens (tertiary/aromatic N) is 5. The summed E-state index contributed by atoms with van der Waals surface area (Å²) in [7, 11) is 0. The lowest BCUT2D eigenvalue weighted by Crippen LogP contribution is -2.25. The van der Waals surface area contributed by atoms with Gasteiger partial charge in [0.15, 0.2) is 5.82 Å². The summed E-state index contributed by atoms with van der Waals surface area (Å²) in [5, 5.41) is 7.75. The van der Waals surface area contributed by atoms with E-state index in [9.17, 15) is 4.79 Å². The number of anilines is 1. The molecule has 4 aromatic heterocycles. The van der Waals surface area contributed by atoms with E-state index in [0.717, 1.165) is 82.4 Å². The van der Waals surface area contributed by atoms with Crippen molar-refractivity contribution < 1.29 is 4.79 Å². The molecule has 1 fully saturated rings. The molecule has 194 valence electrons. The highest BCUT2D eigenvalue weighted by molar-refractivity contribution is 6.15. The van der Waals surface area contributed by atoms with Crippen LogP contribution in [-0.2, 0) is 4.79 Å². The Kier molecular flexibility index (Phi) is 5.96. The van der Waals surface area contributed by atoms with E-state index >= 15 is 0 Å². The predicted octanol–water partition coefficient (Wildman–Crippen LogP) is 5.02.